The quantitative estimate of drug-likeness (QED) is 0.249. The fourth-order valence-electron chi connectivity index (χ4n) is 4.96. The first-order valence-electron chi connectivity index (χ1n) is 13.5. The largest absolute Gasteiger partial charge is 0.477 e. The van der Waals surface area contributed by atoms with Gasteiger partial charge in [0.05, 0.1) is 17.6 Å². The minimum Gasteiger partial charge on any atom is -0.477 e. The topological polar surface area (TPSA) is 148 Å². The van der Waals surface area contributed by atoms with Crippen LogP contribution in [0.5, 0.6) is 0 Å². The number of pyridine rings is 3. The summed E-state index contributed by atoms with van der Waals surface area (Å²) in [5.74, 6) is -6.46. The van der Waals surface area contributed by atoms with Gasteiger partial charge in [-0.05, 0) is 24.5 Å². The Bertz CT molecular complexity index is 1810. The maximum atomic E-state index is 15.6. The average molecular weight is 594 g/mol. The van der Waals surface area contributed by atoms with Crippen LogP contribution in [0, 0.1) is 23.4 Å². The van der Waals surface area contributed by atoms with Gasteiger partial charge in [0.1, 0.15) is 12.2 Å². The van der Waals surface area contributed by atoms with E-state index in [1.54, 1.807) is 4.90 Å². The molecule has 1 atom stereocenters. The molecule has 14 heteroatoms. The fourth-order valence-corrected chi connectivity index (χ4v) is 4.96. The van der Waals surface area contributed by atoms with E-state index in [0.29, 0.717) is 30.9 Å². The van der Waals surface area contributed by atoms with Crippen molar-refractivity contribution >= 4 is 34.4 Å². The summed E-state index contributed by atoms with van der Waals surface area (Å²) < 4.78 is 45.3. The lowest BCUT2D eigenvalue weighted by atomic mass is 10.1. The molecule has 6 rings (SSSR count). The van der Waals surface area contributed by atoms with Crippen LogP contribution in [0.2, 0.25) is 0 Å². The standard InChI is InChI=1S/C29H26F3N7O4/c30-20-9-22(32)28(35-25(20)33)39-12-19(29(41)42)24(40)18-8-21(31)27(36-26(18)39)38-11-16(10-34-17-6-7-17)23(13-38)37-43-14-15-4-2-1-3-5-15/h1-5,8-9,12,16-17,34H,6-7,10-11,13-14H2,(H2,33,35)(H,41,42)/b37-23-. The molecule has 1 saturated heterocycles. The van der Waals surface area contributed by atoms with Gasteiger partial charge in [0.25, 0.3) is 0 Å². The van der Waals surface area contributed by atoms with Crippen molar-refractivity contribution in [2.75, 3.05) is 30.3 Å². The molecule has 0 bridgehead atoms. The highest BCUT2D eigenvalue weighted by Gasteiger charge is 2.34. The molecule has 0 spiro atoms. The number of carbonyl (C=O) groups is 1. The van der Waals surface area contributed by atoms with E-state index in [-0.39, 0.29) is 30.5 Å². The van der Waals surface area contributed by atoms with Crippen LogP contribution >= 0.6 is 0 Å². The predicted octanol–water partition coefficient (Wildman–Crippen LogP) is 3.24. The van der Waals surface area contributed by atoms with Gasteiger partial charge in [-0.25, -0.2) is 27.9 Å². The molecule has 1 aromatic carbocycles. The number of anilines is 2. The second-order valence-corrected chi connectivity index (χ2v) is 10.5. The number of carboxylic acids is 1. The summed E-state index contributed by atoms with van der Waals surface area (Å²) in [6.45, 7) is 1.26. The maximum absolute atomic E-state index is 15.6. The first-order chi connectivity index (χ1) is 20.7. The second kappa shape index (κ2) is 11.4. The molecule has 0 radical (unpaired) electrons. The smallest absolute Gasteiger partial charge is 0.341 e. The van der Waals surface area contributed by atoms with Gasteiger partial charge in [-0.1, -0.05) is 35.5 Å². The van der Waals surface area contributed by atoms with E-state index in [2.05, 4.69) is 20.4 Å². The maximum Gasteiger partial charge on any atom is 0.341 e. The zero-order chi connectivity index (χ0) is 30.2. The Labute approximate surface area is 242 Å². The van der Waals surface area contributed by atoms with Crippen molar-refractivity contribution in [2.24, 2.45) is 11.1 Å². The lowest BCUT2D eigenvalue weighted by Gasteiger charge is -2.19. The zero-order valence-electron chi connectivity index (χ0n) is 22.6. The number of hydrogen-bond donors (Lipinski definition) is 3. The van der Waals surface area contributed by atoms with Gasteiger partial charge in [0, 0.05) is 37.3 Å². The molecular formula is C29H26F3N7O4. The highest BCUT2D eigenvalue weighted by molar-refractivity contribution is 5.95. The van der Waals surface area contributed by atoms with Crippen LogP contribution < -0.4 is 21.4 Å². The Kier molecular flexibility index (Phi) is 7.44. The molecule has 4 N–H and O–H groups in total. The lowest BCUT2D eigenvalue weighted by Crippen LogP contribution is -2.30. The normalized spacial score (nSPS) is 17.6. The number of carboxylic acid groups (broad SMARTS) is 1. The molecular weight excluding hydrogens is 567 g/mol. The predicted molar refractivity (Wildman–Crippen MR) is 152 cm³/mol. The van der Waals surface area contributed by atoms with Crippen LogP contribution in [0.15, 0.2) is 58.6 Å². The lowest BCUT2D eigenvalue weighted by molar-refractivity contribution is 0.0695. The van der Waals surface area contributed by atoms with Crippen molar-refractivity contribution < 1.29 is 27.9 Å². The summed E-state index contributed by atoms with van der Waals surface area (Å²) in [6.07, 6.45) is 2.95. The van der Waals surface area contributed by atoms with Gasteiger partial charge < -0.3 is 25.9 Å². The molecule has 2 aliphatic rings. The number of benzene rings is 1. The number of rotatable bonds is 9. The third-order valence-corrected chi connectivity index (χ3v) is 7.36. The van der Waals surface area contributed by atoms with E-state index in [1.165, 1.54) is 0 Å². The molecule has 1 aliphatic heterocycles. The van der Waals surface area contributed by atoms with Crippen molar-refractivity contribution in [3.63, 3.8) is 0 Å². The van der Waals surface area contributed by atoms with Gasteiger partial charge in [0.15, 0.2) is 40.6 Å². The number of halogens is 3. The van der Waals surface area contributed by atoms with E-state index in [0.717, 1.165) is 35.2 Å². The molecule has 4 aromatic rings. The monoisotopic (exact) mass is 593 g/mol. The first kappa shape index (κ1) is 28.2. The summed E-state index contributed by atoms with van der Waals surface area (Å²) in [7, 11) is 0. The van der Waals surface area contributed by atoms with E-state index in [4.69, 9.17) is 10.6 Å². The van der Waals surface area contributed by atoms with Crippen molar-refractivity contribution in [3.8, 4) is 5.82 Å². The Morgan fingerprint density at radius 3 is 2.56 bits per heavy atom. The summed E-state index contributed by atoms with van der Waals surface area (Å²) in [5, 5.41) is 17.0. The van der Waals surface area contributed by atoms with E-state index < -0.39 is 51.4 Å². The SMILES string of the molecule is Nc1nc(-n2cc(C(=O)O)c(=O)c3cc(F)c(N4C/C(=N/OCc5ccccc5)C(CNC5CC5)C4)nc32)c(F)cc1F. The molecule has 0 amide bonds. The third-order valence-electron chi connectivity index (χ3n) is 7.36. The highest BCUT2D eigenvalue weighted by Crippen LogP contribution is 2.29. The number of oxime groups is 1. The van der Waals surface area contributed by atoms with Gasteiger partial charge in [-0.2, -0.15) is 0 Å². The Balaban J connectivity index is 1.40. The van der Waals surface area contributed by atoms with E-state index in [1.807, 2.05) is 30.3 Å². The minimum absolute atomic E-state index is 0.148. The van der Waals surface area contributed by atoms with Crippen LogP contribution in [0.1, 0.15) is 28.8 Å². The number of nitrogens with two attached hydrogens (primary N) is 1. The molecule has 4 heterocycles. The summed E-state index contributed by atoms with van der Waals surface area (Å²) in [5.41, 5.74) is 5.02. The number of aromatic carboxylic acids is 1. The second-order valence-electron chi connectivity index (χ2n) is 10.5. The van der Waals surface area contributed by atoms with E-state index >= 15 is 4.39 Å². The number of nitrogens with one attached hydrogen (secondary N) is 1. The highest BCUT2D eigenvalue weighted by atomic mass is 19.1. The van der Waals surface area contributed by atoms with Crippen molar-refractivity contribution in [1.82, 2.24) is 19.9 Å². The fraction of sp³-hybridized carbons (Fsp3) is 0.276. The molecule has 1 saturated carbocycles. The van der Waals surface area contributed by atoms with Crippen LogP contribution in [-0.2, 0) is 11.4 Å². The molecule has 3 aromatic heterocycles. The zero-order valence-corrected chi connectivity index (χ0v) is 22.6. The Morgan fingerprint density at radius 2 is 1.84 bits per heavy atom. The number of aromatic nitrogens is 3. The molecule has 2 fully saturated rings. The van der Waals surface area contributed by atoms with Crippen LogP contribution in [-0.4, -0.2) is 57.0 Å². The number of fused-ring (bicyclic) bond motifs is 1. The van der Waals surface area contributed by atoms with E-state index in [9.17, 15) is 23.5 Å². The molecule has 1 aliphatic carbocycles. The third kappa shape index (κ3) is 5.73. The molecule has 1 unspecified atom stereocenters. The summed E-state index contributed by atoms with van der Waals surface area (Å²) >= 11 is 0. The summed E-state index contributed by atoms with van der Waals surface area (Å²) in [4.78, 5) is 40.1. The van der Waals surface area contributed by atoms with Crippen LogP contribution in [0.4, 0.5) is 24.8 Å². The average Bonchev–Trinajstić information content (AvgIpc) is 3.73. The first-order valence-corrected chi connectivity index (χ1v) is 13.5. The summed E-state index contributed by atoms with van der Waals surface area (Å²) in [6, 6.07) is 11.2. The van der Waals surface area contributed by atoms with Crippen LogP contribution in [0.25, 0.3) is 16.9 Å². The minimum atomic E-state index is -1.64. The molecule has 43 heavy (non-hydrogen) atoms. The van der Waals surface area contributed by atoms with Crippen LogP contribution in [0.3, 0.4) is 0 Å². The van der Waals surface area contributed by atoms with Crippen molar-refractivity contribution in [2.45, 2.75) is 25.5 Å². The Morgan fingerprint density at radius 1 is 1.09 bits per heavy atom. The van der Waals surface area contributed by atoms with Gasteiger partial charge >= 0.3 is 5.97 Å². The van der Waals surface area contributed by atoms with Gasteiger partial charge in [-0.15, -0.1) is 0 Å². The van der Waals surface area contributed by atoms with Crippen molar-refractivity contribution in [1.29, 1.82) is 0 Å². The number of nitrogen functional groups attached to an aromatic ring is 1. The van der Waals surface area contributed by atoms with Gasteiger partial charge in [0.2, 0.25) is 5.43 Å². The van der Waals surface area contributed by atoms with Gasteiger partial charge in [-0.3, -0.25) is 9.36 Å². The number of nitrogens with zero attached hydrogens (tertiary/aromatic N) is 5. The Hall–Kier alpha value is -4.98. The molecule has 11 nitrogen and oxygen atoms in total. The molecule has 222 valence electrons. The number of hydrogen-bond acceptors (Lipinski definition) is 9. The van der Waals surface area contributed by atoms with Crippen molar-refractivity contribution in [3.05, 3.63) is 87.5 Å².